The van der Waals surface area contributed by atoms with Gasteiger partial charge in [0.15, 0.2) is 11.6 Å². The Kier molecular flexibility index (Phi) is 4.37. The largest absolute Gasteiger partial charge is 0.417 e. The Morgan fingerprint density at radius 1 is 1.05 bits per heavy atom. The average Bonchev–Trinajstić information content (AvgIpc) is 2.40. The van der Waals surface area contributed by atoms with Gasteiger partial charge in [-0.05, 0) is 24.3 Å². The van der Waals surface area contributed by atoms with Crippen molar-refractivity contribution in [3.05, 3.63) is 64.2 Å². The predicted octanol–water partition coefficient (Wildman–Crippen LogP) is 5.25. The SMILES string of the molecule is Fc1cccc(CNc2ccc(Cl)c(C(F)(F)F)c2)c1F. The van der Waals surface area contributed by atoms with Crippen molar-refractivity contribution in [2.24, 2.45) is 0 Å². The van der Waals surface area contributed by atoms with Gasteiger partial charge in [-0.2, -0.15) is 13.2 Å². The number of hydrogen-bond donors (Lipinski definition) is 1. The molecular formula is C14H9ClF5N. The first-order valence-electron chi connectivity index (χ1n) is 5.82. The Morgan fingerprint density at radius 3 is 2.43 bits per heavy atom. The Bertz CT molecular complexity index is 654. The Hall–Kier alpha value is -1.82. The van der Waals surface area contributed by atoms with Gasteiger partial charge in [-0.1, -0.05) is 23.7 Å². The second-order valence-electron chi connectivity index (χ2n) is 4.26. The molecule has 2 aromatic rings. The lowest BCUT2D eigenvalue weighted by Crippen LogP contribution is -2.08. The molecule has 0 radical (unpaired) electrons. The summed E-state index contributed by atoms with van der Waals surface area (Å²) in [5.41, 5.74) is -0.872. The van der Waals surface area contributed by atoms with E-state index in [1.165, 1.54) is 18.2 Å². The van der Waals surface area contributed by atoms with E-state index in [9.17, 15) is 22.0 Å². The molecule has 0 saturated heterocycles. The van der Waals surface area contributed by atoms with Gasteiger partial charge in [0, 0.05) is 17.8 Å². The van der Waals surface area contributed by atoms with Crippen LogP contribution in [0.4, 0.5) is 27.6 Å². The highest BCUT2D eigenvalue weighted by Gasteiger charge is 2.33. The smallest absolute Gasteiger partial charge is 0.381 e. The van der Waals surface area contributed by atoms with E-state index in [1.807, 2.05) is 0 Å². The molecule has 112 valence electrons. The van der Waals surface area contributed by atoms with Gasteiger partial charge in [0.2, 0.25) is 0 Å². The van der Waals surface area contributed by atoms with Gasteiger partial charge in [-0.3, -0.25) is 0 Å². The van der Waals surface area contributed by atoms with Crippen LogP contribution in [0.25, 0.3) is 0 Å². The molecule has 0 aliphatic carbocycles. The third-order valence-electron chi connectivity index (χ3n) is 2.79. The maximum atomic E-state index is 13.4. The zero-order chi connectivity index (χ0) is 15.6. The second kappa shape index (κ2) is 5.89. The molecule has 21 heavy (non-hydrogen) atoms. The minimum atomic E-state index is -4.58. The Morgan fingerprint density at radius 2 is 1.76 bits per heavy atom. The first kappa shape index (κ1) is 15.6. The average molecular weight is 322 g/mol. The fraction of sp³-hybridized carbons (Fsp3) is 0.143. The highest BCUT2D eigenvalue weighted by molar-refractivity contribution is 6.31. The molecule has 0 aromatic heterocycles. The van der Waals surface area contributed by atoms with Crippen LogP contribution in [0.2, 0.25) is 5.02 Å². The van der Waals surface area contributed by atoms with Crippen LogP contribution in [0.1, 0.15) is 11.1 Å². The fourth-order valence-corrected chi connectivity index (χ4v) is 1.96. The molecule has 1 N–H and O–H groups in total. The van der Waals surface area contributed by atoms with Crippen molar-refractivity contribution in [2.75, 3.05) is 5.32 Å². The summed E-state index contributed by atoms with van der Waals surface area (Å²) >= 11 is 5.49. The molecule has 0 bridgehead atoms. The molecular weight excluding hydrogens is 313 g/mol. The third kappa shape index (κ3) is 3.64. The van der Waals surface area contributed by atoms with Crippen LogP contribution >= 0.6 is 11.6 Å². The van der Waals surface area contributed by atoms with Crippen molar-refractivity contribution in [1.29, 1.82) is 0 Å². The highest BCUT2D eigenvalue weighted by Crippen LogP contribution is 2.36. The molecule has 0 saturated carbocycles. The van der Waals surface area contributed by atoms with Crippen LogP contribution in [0.3, 0.4) is 0 Å². The lowest BCUT2D eigenvalue weighted by molar-refractivity contribution is -0.137. The van der Waals surface area contributed by atoms with E-state index in [2.05, 4.69) is 5.32 Å². The lowest BCUT2D eigenvalue weighted by atomic mass is 10.1. The Balaban J connectivity index is 2.19. The summed E-state index contributed by atoms with van der Waals surface area (Å²) in [5.74, 6) is -2.05. The topological polar surface area (TPSA) is 12.0 Å². The number of benzene rings is 2. The first-order valence-corrected chi connectivity index (χ1v) is 6.20. The highest BCUT2D eigenvalue weighted by atomic mass is 35.5. The van der Waals surface area contributed by atoms with Crippen LogP contribution in [0.5, 0.6) is 0 Å². The van der Waals surface area contributed by atoms with Crippen molar-refractivity contribution in [3.63, 3.8) is 0 Å². The summed E-state index contributed by atoms with van der Waals surface area (Å²) in [7, 11) is 0. The summed E-state index contributed by atoms with van der Waals surface area (Å²) in [6.07, 6.45) is -4.58. The maximum absolute atomic E-state index is 13.4. The van der Waals surface area contributed by atoms with E-state index in [0.717, 1.165) is 18.2 Å². The molecule has 0 unspecified atom stereocenters. The number of anilines is 1. The van der Waals surface area contributed by atoms with Crippen LogP contribution in [-0.4, -0.2) is 0 Å². The molecule has 0 atom stereocenters. The van der Waals surface area contributed by atoms with Gasteiger partial charge >= 0.3 is 6.18 Å². The molecule has 0 aliphatic rings. The molecule has 0 amide bonds. The van der Waals surface area contributed by atoms with Crippen molar-refractivity contribution < 1.29 is 22.0 Å². The normalized spacial score (nSPS) is 11.5. The van der Waals surface area contributed by atoms with E-state index in [4.69, 9.17) is 11.6 Å². The number of rotatable bonds is 3. The number of alkyl halides is 3. The zero-order valence-corrected chi connectivity index (χ0v) is 11.2. The summed E-state index contributed by atoms with van der Waals surface area (Å²) in [6, 6.07) is 6.86. The standard InChI is InChI=1S/C14H9ClF5N/c15-11-5-4-9(6-10(11)14(18,19)20)21-7-8-2-1-3-12(16)13(8)17/h1-6,21H,7H2. The molecule has 0 spiro atoms. The summed E-state index contributed by atoms with van der Waals surface area (Å²) in [5, 5.41) is 2.18. The molecule has 7 heteroatoms. The minimum Gasteiger partial charge on any atom is -0.381 e. The zero-order valence-electron chi connectivity index (χ0n) is 10.4. The number of nitrogens with one attached hydrogen (secondary N) is 1. The fourth-order valence-electron chi connectivity index (χ4n) is 1.73. The predicted molar refractivity (Wildman–Crippen MR) is 70.1 cm³/mol. The molecule has 0 heterocycles. The summed E-state index contributed by atoms with van der Waals surface area (Å²) < 4.78 is 64.5. The van der Waals surface area contributed by atoms with E-state index in [0.29, 0.717) is 0 Å². The summed E-state index contributed by atoms with van der Waals surface area (Å²) in [4.78, 5) is 0. The maximum Gasteiger partial charge on any atom is 0.417 e. The van der Waals surface area contributed by atoms with Gasteiger partial charge in [0.1, 0.15) is 0 Å². The third-order valence-corrected chi connectivity index (χ3v) is 3.12. The van der Waals surface area contributed by atoms with Gasteiger partial charge in [0.25, 0.3) is 0 Å². The van der Waals surface area contributed by atoms with Crippen molar-refractivity contribution in [1.82, 2.24) is 0 Å². The molecule has 2 aromatic carbocycles. The first-order chi connectivity index (χ1) is 9.79. The van der Waals surface area contributed by atoms with E-state index < -0.39 is 28.4 Å². The van der Waals surface area contributed by atoms with Crippen molar-refractivity contribution >= 4 is 17.3 Å². The molecule has 1 nitrogen and oxygen atoms in total. The summed E-state index contributed by atoms with van der Waals surface area (Å²) in [6.45, 7) is -0.150. The van der Waals surface area contributed by atoms with Gasteiger partial charge in [0.05, 0.1) is 10.6 Å². The van der Waals surface area contributed by atoms with Crippen LogP contribution in [0.15, 0.2) is 36.4 Å². The number of hydrogen-bond acceptors (Lipinski definition) is 1. The minimum absolute atomic E-state index is 0.0125. The lowest BCUT2D eigenvalue weighted by Gasteiger charge is -2.12. The van der Waals surface area contributed by atoms with Gasteiger partial charge in [-0.25, -0.2) is 8.78 Å². The monoisotopic (exact) mass is 321 g/mol. The van der Waals surface area contributed by atoms with Crippen LogP contribution in [-0.2, 0) is 12.7 Å². The second-order valence-corrected chi connectivity index (χ2v) is 4.67. The molecule has 2 rings (SSSR count). The number of halogens is 6. The van der Waals surface area contributed by atoms with Gasteiger partial charge in [-0.15, -0.1) is 0 Å². The van der Waals surface area contributed by atoms with Gasteiger partial charge < -0.3 is 5.32 Å². The van der Waals surface area contributed by atoms with Crippen LogP contribution < -0.4 is 5.32 Å². The van der Waals surface area contributed by atoms with E-state index in [-0.39, 0.29) is 17.8 Å². The van der Waals surface area contributed by atoms with E-state index >= 15 is 0 Å². The molecule has 0 fully saturated rings. The Labute approximate surface area is 122 Å². The van der Waals surface area contributed by atoms with E-state index in [1.54, 1.807) is 0 Å². The quantitative estimate of drug-likeness (QED) is 0.761. The molecule has 0 aliphatic heterocycles. The van der Waals surface area contributed by atoms with Crippen LogP contribution in [0, 0.1) is 11.6 Å². The van der Waals surface area contributed by atoms with Crippen molar-refractivity contribution in [2.45, 2.75) is 12.7 Å². The van der Waals surface area contributed by atoms with Crippen molar-refractivity contribution in [3.8, 4) is 0 Å².